The van der Waals surface area contributed by atoms with E-state index in [1.165, 1.54) is 0 Å². The Morgan fingerprint density at radius 3 is 2.39 bits per heavy atom. The van der Waals surface area contributed by atoms with E-state index in [9.17, 15) is 14.4 Å². The van der Waals surface area contributed by atoms with Gasteiger partial charge in [-0.1, -0.05) is 77.8 Å². The number of rotatable bonds is 7. The smallest absolute Gasteiger partial charge is 0.294 e. The Kier molecular flexibility index (Phi) is 7.64. The van der Waals surface area contributed by atoms with Crippen LogP contribution in [-0.4, -0.2) is 38.3 Å². The largest absolute Gasteiger partial charge is 0.325 e. The van der Waals surface area contributed by atoms with Crippen LogP contribution < -0.4 is 5.32 Å². The van der Waals surface area contributed by atoms with E-state index >= 15 is 0 Å². The Morgan fingerprint density at radius 1 is 0.974 bits per heavy atom. The van der Waals surface area contributed by atoms with Gasteiger partial charge in [0.05, 0.1) is 17.1 Å². The zero-order chi connectivity index (χ0) is 26.6. The summed E-state index contributed by atoms with van der Waals surface area (Å²) in [6.45, 7) is 0.00157. The topological polar surface area (TPSA) is 84.3 Å². The molecule has 0 radical (unpaired) electrons. The molecule has 4 aromatic rings. The number of imide groups is 1. The number of thioether (sulfide) groups is 1. The van der Waals surface area contributed by atoms with Gasteiger partial charge >= 0.3 is 0 Å². The van der Waals surface area contributed by atoms with E-state index in [0.717, 1.165) is 27.8 Å². The highest BCUT2D eigenvalue weighted by atomic mass is 35.5. The summed E-state index contributed by atoms with van der Waals surface area (Å²) >= 11 is 13.2. The van der Waals surface area contributed by atoms with Gasteiger partial charge in [-0.25, -0.2) is 0 Å². The van der Waals surface area contributed by atoms with E-state index in [0.29, 0.717) is 33.5 Å². The zero-order valence-corrected chi connectivity index (χ0v) is 22.1. The average Bonchev–Trinajstić information content (AvgIpc) is 3.42. The SMILES string of the molecule is O=C(CN1C(=O)S/C(=C\c2cn(Cc3ccc(Cl)cc3Cl)nc2-c2ccccc2)C1=O)Nc1ccccc1. The molecular formula is C28H20Cl2N4O3S. The van der Waals surface area contributed by atoms with E-state index in [1.807, 2.05) is 42.5 Å². The molecule has 0 atom stereocenters. The molecule has 3 aromatic carbocycles. The molecule has 190 valence electrons. The molecule has 1 aliphatic rings. The summed E-state index contributed by atoms with van der Waals surface area (Å²) in [5, 5.41) is 7.98. The van der Waals surface area contributed by atoms with E-state index < -0.39 is 17.1 Å². The normalized spacial score (nSPS) is 14.4. The zero-order valence-electron chi connectivity index (χ0n) is 19.8. The highest BCUT2D eigenvalue weighted by Crippen LogP contribution is 2.34. The van der Waals surface area contributed by atoms with Crippen molar-refractivity contribution in [2.75, 3.05) is 11.9 Å². The number of halogens is 2. The van der Waals surface area contributed by atoms with Crippen molar-refractivity contribution in [3.8, 4) is 11.3 Å². The maximum absolute atomic E-state index is 13.1. The summed E-state index contributed by atoms with van der Waals surface area (Å²) in [5.74, 6) is -0.992. The molecule has 0 aliphatic carbocycles. The number of amides is 3. The molecule has 2 heterocycles. The van der Waals surface area contributed by atoms with Crippen LogP contribution in [0.5, 0.6) is 0 Å². The molecule has 1 fully saturated rings. The Balaban J connectivity index is 1.41. The lowest BCUT2D eigenvalue weighted by molar-refractivity contribution is -0.127. The van der Waals surface area contributed by atoms with Crippen molar-refractivity contribution in [2.45, 2.75) is 6.54 Å². The van der Waals surface area contributed by atoms with Crippen molar-refractivity contribution in [3.05, 3.63) is 111 Å². The van der Waals surface area contributed by atoms with Gasteiger partial charge in [0.25, 0.3) is 11.1 Å². The fourth-order valence-corrected chi connectivity index (χ4v) is 5.21. The fourth-order valence-electron chi connectivity index (χ4n) is 3.91. The number of hydrogen-bond donors (Lipinski definition) is 1. The van der Waals surface area contributed by atoms with E-state index in [4.69, 9.17) is 28.3 Å². The first kappa shape index (κ1) is 25.8. The van der Waals surface area contributed by atoms with E-state index in [1.54, 1.807) is 53.4 Å². The second-order valence-electron chi connectivity index (χ2n) is 8.41. The molecule has 1 N–H and O–H groups in total. The van der Waals surface area contributed by atoms with Crippen molar-refractivity contribution in [3.63, 3.8) is 0 Å². The minimum Gasteiger partial charge on any atom is -0.325 e. The summed E-state index contributed by atoms with van der Waals surface area (Å²) in [6, 6.07) is 23.6. The molecule has 1 aliphatic heterocycles. The summed E-state index contributed by atoms with van der Waals surface area (Å²) in [7, 11) is 0. The number of benzene rings is 3. The van der Waals surface area contributed by atoms with Gasteiger partial charge in [0, 0.05) is 33.1 Å². The van der Waals surface area contributed by atoms with Gasteiger partial charge in [-0.05, 0) is 47.7 Å². The highest BCUT2D eigenvalue weighted by Gasteiger charge is 2.36. The first-order valence-electron chi connectivity index (χ1n) is 11.5. The average molecular weight is 563 g/mol. The van der Waals surface area contributed by atoms with Gasteiger partial charge in [-0.2, -0.15) is 5.10 Å². The monoisotopic (exact) mass is 562 g/mol. The summed E-state index contributed by atoms with van der Waals surface area (Å²) in [4.78, 5) is 39.4. The number of carbonyl (C=O) groups is 3. The molecule has 1 saturated heterocycles. The predicted octanol–water partition coefficient (Wildman–Crippen LogP) is 6.58. The van der Waals surface area contributed by atoms with Crippen molar-refractivity contribution in [1.82, 2.24) is 14.7 Å². The van der Waals surface area contributed by atoms with Crippen LogP contribution >= 0.6 is 35.0 Å². The van der Waals surface area contributed by atoms with Crippen LogP contribution in [0.3, 0.4) is 0 Å². The van der Waals surface area contributed by atoms with Crippen LogP contribution in [0.1, 0.15) is 11.1 Å². The summed E-state index contributed by atoms with van der Waals surface area (Å²) in [5.41, 5.74) is 3.56. The summed E-state index contributed by atoms with van der Waals surface area (Å²) in [6.07, 6.45) is 3.43. The van der Waals surface area contributed by atoms with Gasteiger partial charge in [-0.15, -0.1) is 0 Å². The first-order valence-corrected chi connectivity index (χ1v) is 13.1. The van der Waals surface area contributed by atoms with Crippen molar-refractivity contribution in [2.24, 2.45) is 0 Å². The van der Waals surface area contributed by atoms with Crippen LogP contribution in [0.15, 0.2) is 90.0 Å². The van der Waals surface area contributed by atoms with Gasteiger partial charge in [0.1, 0.15) is 6.54 Å². The fraction of sp³-hybridized carbons (Fsp3) is 0.0714. The number of carbonyl (C=O) groups excluding carboxylic acids is 3. The molecule has 5 rings (SSSR count). The lowest BCUT2D eigenvalue weighted by atomic mass is 10.1. The Bertz CT molecular complexity index is 1560. The van der Waals surface area contributed by atoms with Crippen molar-refractivity contribution >= 4 is 63.8 Å². The van der Waals surface area contributed by atoms with Crippen molar-refractivity contribution < 1.29 is 14.4 Å². The molecule has 10 heteroatoms. The van der Waals surface area contributed by atoms with Gasteiger partial charge in [0.15, 0.2) is 0 Å². The number of para-hydroxylation sites is 1. The minimum atomic E-state index is -0.532. The number of aromatic nitrogens is 2. The molecule has 38 heavy (non-hydrogen) atoms. The second kappa shape index (κ2) is 11.3. The van der Waals surface area contributed by atoms with Crippen molar-refractivity contribution in [1.29, 1.82) is 0 Å². The Morgan fingerprint density at radius 2 is 1.68 bits per heavy atom. The lowest BCUT2D eigenvalue weighted by Crippen LogP contribution is -2.36. The summed E-state index contributed by atoms with van der Waals surface area (Å²) < 4.78 is 1.72. The van der Waals surface area contributed by atoms with Crippen LogP contribution in [-0.2, 0) is 16.1 Å². The molecule has 1 aromatic heterocycles. The Hall–Kier alpha value is -3.85. The maximum Gasteiger partial charge on any atom is 0.294 e. The standard InChI is InChI=1S/C28H20Cl2N4O3S/c29-21-12-11-19(23(30)14-21)15-33-16-20(26(32-33)18-7-3-1-4-8-18)13-24-27(36)34(28(37)38-24)17-25(35)31-22-9-5-2-6-10-22/h1-14,16H,15,17H2,(H,31,35)/b24-13-. The molecule has 7 nitrogen and oxygen atoms in total. The van der Waals surface area contributed by atoms with Crippen LogP contribution in [0.2, 0.25) is 10.0 Å². The molecular weight excluding hydrogens is 543 g/mol. The molecule has 3 amide bonds. The number of hydrogen-bond acceptors (Lipinski definition) is 5. The van der Waals surface area contributed by atoms with E-state index in [2.05, 4.69) is 5.32 Å². The molecule has 0 spiro atoms. The third kappa shape index (κ3) is 5.83. The third-order valence-corrected chi connectivity index (χ3v) is 7.20. The molecule has 0 saturated carbocycles. The van der Waals surface area contributed by atoms with Crippen LogP contribution in [0.25, 0.3) is 17.3 Å². The number of nitrogens with zero attached hydrogens (tertiary/aromatic N) is 3. The minimum absolute atomic E-state index is 0.212. The molecule has 0 unspecified atom stereocenters. The maximum atomic E-state index is 13.1. The molecule has 0 bridgehead atoms. The quantitative estimate of drug-likeness (QED) is 0.257. The van der Waals surface area contributed by atoms with Crippen LogP contribution in [0, 0.1) is 0 Å². The Labute approximate surface area is 233 Å². The first-order chi connectivity index (χ1) is 18.4. The van der Waals surface area contributed by atoms with Crippen LogP contribution in [0.4, 0.5) is 10.5 Å². The van der Waals surface area contributed by atoms with Gasteiger partial charge in [-0.3, -0.25) is 24.0 Å². The van der Waals surface area contributed by atoms with Gasteiger partial charge < -0.3 is 5.32 Å². The second-order valence-corrected chi connectivity index (χ2v) is 10.3. The highest BCUT2D eigenvalue weighted by molar-refractivity contribution is 8.18. The lowest BCUT2D eigenvalue weighted by Gasteiger charge is -2.12. The number of anilines is 1. The third-order valence-electron chi connectivity index (χ3n) is 5.70. The number of nitrogens with one attached hydrogen (secondary N) is 1. The predicted molar refractivity (Wildman–Crippen MR) is 151 cm³/mol. The van der Waals surface area contributed by atoms with Gasteiger partial charge in [0.2, 0.25) is 5.91 Å². The van der Waals surface area contributed by atoms with E-state index in [-0.39, 0.29) is 11.4 Å².